The van der Waals surface area contributed by atoms with E-state index in [2.05, 4.69) is 5.32 Å². The topological polar surface area (TPSA) is 58.6 Å². The number of carbonyl (C=O) groups excluding carboxylic acids is 2. The summed E-state index contributed by atoms with van der Waals surface area (Å²) in [5.74, 6) is -0.103. The Morgan fingerprint density at radius 1 is 1.00 bits per heavy atom. The van der Waals surface area contributed by atoms with E-state index in [1.165, 1.54) is 4.90 Å². The van der Waals surface area contributed by atoms with E-state index in [9.17, 15) is 9.59 Å². The third-order valence-electron chi connectivity index (χ3n) is 4.13. The molecule has 0 radical (unpaired) electrons. The maximum Gasteiger partial charge on any atom is 0.261 e. The summed E-state index contributed by atoms with van der Waals surface area (Å²) in [7, 11) is 0. The zero-order valence-electron chi connectivity index (χ0n) is 16.4. The highest BCUT2D eigenvalue weighted by molar-refractivity contribution is 6.35. The number of ether oxygens (including phenoxy) is 1. The van der Waals surface area contributed by atoms with Crippen LogP contribution in [-0.2, 0) is 16.1 Å². The van der Waals surface area contributed by atoms with Gasteiger partial charge in [-0.2, -0.15) is 0 Å². The van der Waals surface area contributed by atoms with Crippen LogP contribution in [0.1, 0.15) is 26.3 Å². The predicted molar refractivity (Wildman–Crippen MR) is 117 cm³/mol. The first-order valence-electron chi connectivity index (χ1n) is 9.09. The van der Waals surface area contributed by atoms with Gasteiger partial charge in [-0.15, -0.1) is 0 Å². The molecule has 0 aliphatic heterocycles. The van der Waals surface area contributed by atoms with Crippen molar-refractivity contribution in [1.82, 2.24) is 10.2 Å². The number of hydrogen-bond acceptors (Lipinski definition) is 3. The van der Waals surface area contributed by atoms with Gasteiger partial charge in [-0.1, -0.05) is 40.9 Å². The molecule has 8 heteroatoms. The lowest BCUT2D eigenvalue weighted by Crippen LogP contribution is -2.50. The van der Waals surface area contributed by atoms with E-state index < -0.39 is 6.04 Å². The van der Waals surface area contributed by atoms with Crippen molar-refractivity contribution < 1.29 is 14.3 Å². The Bertz CT molecular complexity index is 857. The van der Waals surface area contributed by atoms with Gasteiger partial charge in [-0.3, -0.25) is 9.59 Å². The SMILES string of the molecule is CC(C)NC(=O)C(C)N(Cc1ccc(Cl)cc1Cl)C(=O)COc1ccc(Cl)cc1. The summed E-state index contributed by atoms with van der Waals surface area (Å²) >= 11 is 18.1. The van der Waals surface area contributed by atoms with Gasteiger partial charge in [0.15, 0.2) is 6.61 Å². The van der Waals surface area contributed by atoms with Crippen molar-refractivity contribution >= 4 is 46.6 Å². The van der Waals surface area contributed by atoms with Crippen molar-refractivity contribution in [2.45, 2.75) is 39.4 Å². The number of rotatable bonds is 8. The second kappa shape index (κ2) is 10.7. The molecule has 1 unspecified atom stereocenters. The Balaban J connectivity index is 2.18. The van der Waals surface area contributed by atoms with Crippen molar-refractivity contribution in [3.63, 3.8) is 0 Å². The standard InChI is InChI=1S/C21H23Cl3N2O3/c1-13(2)25-21(28)14(3)26(11-15-4-5-17(23)10-19(15)24)20(27)12-29-18-8-6-16(22)7-9-18/h4-10,13-14H,11-12H2,1-3H3,(H,25,28). The van der Waals surface area contributed by atoms with E-state index in [0.717, 1.165) is 0 Å². The van der Waals surface area contributed by atoms with Gasteiger partial charge < -0.3 is 15.0 Å². The van der Waals surface area contributed by atoms with Crippen LogP contribution in [0.2, 0.25) is 15.1 Å². The Kier molecular flexibility index (Phi) is 8.62. The van der Waals surface area contributed by atoms with Crippen molar-refractivity contribution in [2.75, 3.05) is 6.61 Å². The first-order chi connectivity index (χ1) is 13.7. The number of nitrogens with zero attached hydrogens (tertiary/aromatic N) is 1. The summed E-state index contributed by atoms with van der Waals surface area (Å²) in [5.41, 5.74) is 0.681. The predicted octanol–water partition coefficient (Wildman–Crippen LogP) is 4.97. The molecule has 1 atom stereocenters. The van der Waals surface area contributed by atoms with Gasteiger partial charge >= 0.3 is 0 Å². The van der Waals surface area contributed by atoms with Gasteiger partial charge in [0.25, 0.3) is 5.91 Å². The molecule has 0 bridgehead atoms. The Morgan fingerprint density at radius 2 is 1.62 bits per heavy atom. The number of hydrogen-bond donors (Lipinski definition) is 1. The summed E-state index contributed by atoms with van der Waals surface area (Å²) in [6.45, 7) is 5.30. The molecule has 0 saturated heterocycles. The molecule has 0 aliphatic rings. The van der Waals surface area contributed by atoms with Gasteiger partial charge in [0.1, 0.15) is 11.8 Å². The molecule has 0 heterocycles. The summed E-state index contributed by atoms with van der Waals surface area (Å²) in [6, 6.07) is 10.9. The van der Waals surface area contributed by atoms with E-state index in [-0.39, 0.29) is 31.0 Å². The third kappa shape index (κ3) is 7.11. The minimum Gasteiger partial charge on any atom is -0.484 e. The van der Waals surface area contributed by atoms with E-state index in [1.807, 2.05) is 13.8 Å². The summed E-state index contributed by atoms with van der Waals surface area (Å²) in [6.07, 6.45) is 0. The first kappa shape index (κ1) is 23.3. The fourth-order valence-corrected chi connectivity index (χ4v) is 3.17. The molecular formula is C21H23Cl3N2O3. The van der Waals surface area contributed by atoms with Gasteiger partial charge in [0.2, 0.25) is 5.91 Å². The van der Waals surface area contributed by atoms with Crippen LogP contribution in [0.15, 0.2) is 42.5 Å². The molecule has 2 aromatic rings. The molecule has 156 valence electrons. The minimum absolute atomic E-state index is 0.0497. The van der Waals surface area contributed by atoms with Crippen LogP contribution in [0.4, 0.5) is 0 Å². The maximum absolute atomic E-state index is 12.9. The quantitative estimate of drug-likeness (QED) is 0.609. The molecule has 2 aromatic carbocycles. The van der Waals surface area contributed by atoms with Crippen molar-refractivity contribution in [3.05, 3.63) is 63.1 Å². The fourth-order valence-electron chi connectivity index (χ4n) is 2.58. The Hall–Kier alpha value is -1.95. The normalized spacial score (nSPS) is 11.8. The lowest BCUT2D eigenvalue weighted by atomic mass is 10.1. The number of nitrogens with one attached hydrogen (secondary N) is 1. The average Bonchev–Trinajstić information content (AvgIpc) is 2.65. The van der Waals surface area contributed by atoms with Crippen molar-refractivity contribution in [3.8, 4) is 5.75 Å². The molecule has 5 nitrogen and oxygen atoms in total. The van der Waals surface area contributed by atoms with E-state index >= 15 is 0 Å². The number of carbonyl (C=O) groups is 2. The smallest absolute Gasteiger partial charge is 0.261 e. The molecule has 29 heavy (non-hydrogen) atoms. The monoisotopic (exact) mass is 456 g/mol. The van der Waals surface area contributed by atoms with E-state index in [4.69, 9.17) is 39.5 Å². The van der Waals surface area contributed by atoms with Crippen molar-refractivity contribution in [2.24, 2.45) is 0 Å². The van der Waals surface area contributed by atoms with Crippen LogP contribution in [-0.4, -0.2) is 35.4 Å². The largest absolute Gasteiger partial charge is 0.484 e. The molecule has 0 fully saturated rings. The van der Waals surface area contributed by atoms with Gasteiger partial charge in [-0.25, -0.2) is 0 Å². The van der Waals surface area contributed by atoms with Gasteiger partial charge in [0.05, 0.1) is 0 Å². The highest BCUT2D eigenvalue weighted by Crippen LogP contribution is 2.23. The highest BCUT2D eigenvalue weighted by Gasteiger charge is 2.27. The van der Waals surface area contributed by atoms with Gasteiger partial charge in [0, 0.05) is 27.7 Å². The molecule has 0 spiro atoms. The van der Waals surface area contributed by atoms with Crippen LogP contribution >= 0.6 is 34.8 Å². The summed E-state index contributed by atoms with van der Waals surface area (Å²) in [4.78, 5) is 26.9. The lowest BCUT2D eigenvalue weighted by Gasteiger charge is -2.29. The number of benzene rings is 2. The first-order valence-corrected chi connectivity index (χ1v) is 10.2. The summed E-state index contributed by atoms with van der Waals surface area (Å²) < 4.78 is 5.57. The molecular weight excluding hydrogens is 435 g/mol. The van der Waals surface area contributed by atoms with E-state index in [0.29, 0.717) is 26.4 Å². The minimum atomic E-state index is -0.717. The molecule has 2 amide bonds. The Labute approximate surface area is 185 Å². The van der Waals surface area contributed by atoms with Crippen LogP contribution in [0.5, 0.6) is 5.75 Å². The van der Waals surface area contributed by atoms with Crippen molar-refractivity contribution in [1.29, 1.82) is 0 Å². The van der Waals surface area contributed by atoms with Gasteiger partial charge in [-0.05, 0) is 62.7 Å². The Morgan fingerprint density at radius 3 is 2.21 bits per heavy atom. The summed E-state index contributed by atoms with van der Waals surface area (Å²) in [5, 5.41) is 4.31. The zero-order chi connectivity index (χ0) is 21.6. The van der Waals surface area contributed by atoms with Crippen LogP contribution in [0.25, 0.3) is 0 Å². The highest BCUT2D eigenvalue weighted by atomic mass is 35.5. The zero-order valence-corrected chi connectivity index (χ0v) is 18.7. The lowest BCUT2D eigenvalue weighted by molar-refractivity contribution is -0.142. The van der Waals surface area contributed by atoms with Crippen LogP contribution < -0.4 is 10.1 Å². The fraction of sp³-hybridized carbons (Fsp3) is 0.333. The van der Waals surface area contributed by atoms with E-state index in [1.54, 1.807) is 49.4 Å². The number of amides is 2. The number of halogens is 3. The molecule has 1 N–H and O–H groups in total. The third-order valence-corrected chi connectivity index (χ3v) is 4.97. The molecule has 0 aliphatic carbocycles. The molecule has 0 saturated carbocycles. The van der Waals surface area contributed by atoms with Crippen LogP contribution in [0, 0.1) is 0 Å². The van der Waals surface area contributed by atoms with Crippen LogP contribution in [0.3, 0.4) is 0 Å². The molecule has 0 aromatic heterocycles. The maximum atomic E-state index is 12.9. The molecule has 2 rings (SSSR count). The second-order valence-corrected chi connectivity index (χ2v) is 8.12. The second-order valence-electron chi connectivity index (χ2n) is 6.84. The average molecular weight is 458 g/mol.